The van der Waals surface area contributed by atoms with Crippen LogP contribution in [-0.4, -0.2) is 20.4 Å². The van der Waals surface area contributed by atoms with Crippen molar-refractivity contribution in [3.63, 3.8) is 0 Å². The van der Waals surface area contributed by atoms with Crippen molar-refractivity contribution < 1.29 is 9.72 Å². The average molecular weight is 265 g/mol. The number of nitrogens with two attached hydrogens (primary N) is 1. The first-order valence-electron chi connectivity index (χ1n) is 4.70. The molecule has 0 aliphatic heterocycles. The Morgan fingerprint density at radius 2 is 2.28 bits per heavy atom. The van der Waals surface area contributed by atoms with Gasteiger partial charge in [-0.2, -0.15) is 0 Å². The Balaban J connectivity index is 2.26. The van der Waals surface area contributed by atoms with Crippen LogP contribution in [0, 0.1) is 10.1 Å². The van der Waals surface area contributed by atoms with Gasteiger partial charge in [0.25, 0.3) is 11.6 Å². The zero-order chi connectivity index (χ0) is 13.1. The van der Waals surface area contributed by atoms with Crippen molar-refractivity contribution in [3.8, 4) is 0 Å². The second-order valence-electron chi connectivity index (χ2n) is 3.27. The molecule has 0 radical (unpaired) electrons. The topological polar surface area (TPSA) is 124 Å². The zero-order valence-electron chi connectivity index (χ0n) is 8.86. The van der Waals surface area contributed by atoms with Crippen LogP contribution in [0.25, 0.3) is 0 Å². The van der Waals surface area contributed by atoms with Gasteiger partial charge < -0.3 is 11.1 Å². The number of aromatic nitrogens is 2. The Morgan fingerprint density at radius 1 is 1.50 bits per heavy atom. The van der Waals surface area contributed by atoms with Gasteiger partial charge in [0.2, 0.25) is 0 Å². The average Bonchev–Trinajstić information content (AvgIpc) is 2.81. The quantitative estimate of drug-likeness (QED) is 0.489. The molecule has 9 heteroatoms. The third-order valence-corrected chi connectivity index (χ3v) is 2.67. The fourth-order valence-corrected chi connectivity index (χ4v) is 1.66. The van der Waals surface area contributed by atoms with Gasteiger partial charge in [0, 0.05) is 23.2 Å². The van der Waals surface area contributed by atoms with E-state index >= 15 is 0 Å². The van der Waals surface area contributed by atoms with Crippen LogP contribution in [0.1, 0.15) is 10.4 Å². The largest absolute Gasteiger partial charge is 0.393 e. The standard InChI is InChI=1S/C9H7N5O3S/c10-6-2-1-5(3-7(6)14(16)17)9(15)12-8-4-11-13-18-8/h1-4H,10H2,(H,12,15). The summed E-state index contributed by atoms with van der Waals surface area (Å²) >= 11 is 1.01. The summed E-state index contributed by atoms with van der Waals surface area (Å²) in [5, 5.41) is 17.2. The Bertz CT molecular complexity index is 598. The van der Waals surface area contributed by atoms with E-state index in [1.807, 2.05) is 0 Å². The number of hydrogen-bond acceptors (Lipinski definition) is 7. The summed E-state index contributed by atoms with van der Waals surface area (Å²) in [6.07, 6.45) is 1.38. The summed E-state index contributed by atoms with van der Waals surface area (Å²) in [4.78, 5) is 21.8. The highest BCUT2D eigenvalue weighted by atomic mass is 32.1. The van der Waals surface area contributed by atoms with Crippen LogP contribution in [0.4, 0.5) is 16.4 Å². The van der Waals surface area contributed by atoms with Crippen molar-refractivity contribution in [2.24, 2.45) is 0 Å². The van der Waals surface area contributed by atoms with E-state index in [1.165, 1.54) is 18.3 Å². The molecule has 3 N–H and O–H groups in total. The second kappa shape index (κ2) is 4.75. The third kappa shape index (κ3) is 2.40. The van der Waals surface area contributed by atoms with E-state index < -0.39 is 10.8 Å². The molecule has 0 aliphatic carbocycles. The molecule has 0 atom stereocenters. The molecule has 2 aromatic rings. The van der Waals surface area contributed by atoms with E-state index in [9.17, 15) is 14.9 Å². The molecule has 2 rings (SSSR count). The highest BCUT2D eigenvalue weighted by molar-refractivity contribution is 7.10. The van der Waals surface area contributed by atoms with E-state index in [2.05, 4.69) is 14.9 Å². The maximum Gasteiger partial charge on any atom is 0.292 e. The predicted octanol–water partition coefficient (Wildman–Crippen LogP) is 1.28. The van der Waals surface area contributed by atoms with Crippen LogP contribution in [0.3, 0.4) is 0 Å². The zero-order valence-corrected chi connectivity index (χ0v) is 9.68. The molecule has 0 unspecified atom stereocenters. The van der Waals surface area contributed by atoms with Gasteiger partial charge in [-0.1, -0.05) is 4.49 Å². The molecule has 0 saturated carbocycles. The van der Waals surface area contributed by atoms with E-state index in [4.69, 9.17) is 5.73 Å². The number of carbonyl (C=O) groups is 1. The molecule has 92 valence electrons. The van der Waals surface area contributed by atoms with Crippen molar-refractivity contribution in [1.29, 1.82) is 0 Å². The molecule has 18 heavy (non-hydrogen) atoms. The number of nitrogens with zero attached hydrogens (tertiary/aromatic N) is 3. The first-order chi connectivity index (χ1) is 8.58. The number of hydrogen-bond donors (Lipinski definition) is 2. The van der Waals surface area contributed by atoms with E-state index in [-0.39, 0.29) is 16.9 Å². The molecule has 1 amide bonds. The number of amides is 1. The molecule has 0 aliphatic rings. The van der Waals surface area contributed by atoms with Crippen molar-refractivity contribution in [2.45, 2.75) is 0 Å². The minimum absolute atomic E-state index is 0.0102. The Morgan fingerprint density at radius 3 is 2.89 bits per heavy atom. The molecule has 0 spiro atoms. The van der Waals surface area contributed by atoms with Crippen molar-refractivity contribution in [1.82, 2.24) is 9.59 Å². The molecular weight excluding hydrogens is 258 g/mol. The Labute approximate surface area is 105 Å². The highest BCUT2D eigenvalue weighted by Crippen LogP contribution is 2.23. The van der Waals surface area contributed by atoms with Crippen molar-refractivity contribution >= 4 is 33.8 Å². The maximum absolute atomic E-state index is 11.8. The van der Waals surface area contributed by atoms with Crippen LogP contribution >= 0.6 is 11.5 Å². The third-order valence-electron chi connectivity index (χ3n) is 2.09. The molecule has 0 bridgehead atoms. The monoisotopic (exact) mass is 265 g/mol. The highest BCUT2D eigenvalue weighted by Gasteiger charge is 2.16. The van der Waals surface area contributed by atoms with Gasteiger partial charge >= 0.3 is 0 Å². The molecule has 1 aromatic carbocycles. The number of nitrogens with one attached hydrogen (secondary N) is 1. The van der Waals surface area contributed by atoms with Crippen molar-refractivity contribution in [2.75, 3.05) is 11.1 Å². The number of nitro benzene ring substituents is 1. The molecule has 0 fully saturated rings. The lowest BCUT2D eigenvalue weighted by Crippen LogP contribution is -2.11. The van der Waals surface area contributed by atoms with E-state index in [0.29, 0.717) is 5.00 Å². The summed E-state index contributed by atoms with van der Waals surface area (Å²) in [6.45, 7) is 0. The van der Waals surface area contributed by atoms with Crippen LogP contribution in [0.5, 0.6) is 0 Å². The van der Waals surface area contributed by atoms with Crippen LogP contribution in [-0.2, 0) is 0 Å². The first-order valence-corrected chi connectivity index (χ1v) is 5.48. The first kappa shape index (κ1) is 11.9. The summed E-state index contributed by atoms with van der Waals surface area (Å²) in [5.74, 6) is -0.482. The maximum atomic E-state index is 11.8. The van der Waals surface area contributed by atoms with Gasteiger partial charge in [-0.25, -0.2) is 0 Å². The van der Waals surface area contributed by atoms with Gasteiger partial charge in [0.05, 0.1) is 11.1 Å². The number of nitrogen functional groups attached to an aromatic ring is 1. The predicted molar refractivity (Wildman–Crippen MR) is 65.4 cm³/mol. The second-order valence-corrected chi connectivity index (χ2v) is 4.05. The fourth-order valence-electron chi connectivity index (χ4n) is 1.25. The SMILES string of the molecule is Nc1ccc(C(=O)Nc2cnns2)cc1[N+](=O)[O-]. The lowest BCUT2D eigenvalue weighted by atomic mass is 10.1. The Kier molecular flexibility index (Phi) is 3.15. The van der Waals surface area contributed by atoms with Crippen LogP contribution in [0.2, 0.25) is 0 Å². The minimum Gasteiger partial charge on any atom is -0.393 e. The molecule has 1 aromatic heterocycles. The number of rotatable bonds is 3. The smallest absolute Gasteiger partial charge is 0.292 e. The summed E-state index contributed by atoms with van der Waals surface area (Å²) in [5.41, 5.74) is 5.29. The minimum atomic E-state index is -0.639. The van der Waals surface area contributed by atoms with E-state index in [0.717, 1.165) is 17.6 Å². The molecule has 0 saturated heterocycles. The number of carbonyl (C=O) groups excluding carboxylic acids is 1. The number of benzene rings is 1. The normalized spacial score (nSPS) is 10.0. The lowest BCUT2D eigenvalue weighted by molar-refractivity contribution is -0.383. The fraction of sp³-hybridized carbons (Fsp3) is 0. The van der Waals surface area contributed by atoms with Gasteiger partial charge in [0.1, 0.15) is 10.7 Å². The molecular formula is C9H7N5O3S. The van der Waals surface area contributed by atoms with Crippen LogP contribution < -0.4 is 11.1 Å². The van der Waals surface area contributed by atoms with Gasteiger partial charge in [-0.05, 0) is 12.1 Å². The molecule has 1 heterocycles. The van der Waals surface area contributed by atoms with Gasteiger partial charge in [0.15, 0.2) is 0 Å². The van der Waals surface area contributed by atoms with Crippen LogP contribution in [0.15, 0.2) is 24.4 Å². The lowest BCUT2D eigenvalue weighted by Gasteiger charge is -2.02. The van der Waals surface area contributed by atoms with Crippen molar-refractivity contribution in [3.05, 3.63) is 40.1 Å². The number of nitro groups is 1. The van der Waals surface area contributed by atoms with E-state index in [1.54, 1.807) is 0 Å². The molecule has 8 nitrogen and oxygen atoms in total. The van der Waals surface area contributed by atoms with Gasteiger partial charge in [-0.15, -0.1) is 5.10 Å². The Hall–Kier alpha value is -2.55. The number of anilines is 2. The summed E-state index contributed by atoms with van der Waals surface area (Å²) < 4.78 is 3.58. The van der Waals surface area contributed by atoms with Gasteiger partial charge in [-0.3, -0.25) is 14.9 Å². The summed E-state index contributed by atoms with van der Waals surface area (Å²) in [7, 11) is 0. The summed E-state index contributed by atoms with van der Waals surface area (Å²) in [6, 6.07) is 3.85.